The third kappa shape index (κ3) is 3.50. The molecule has 0 atom stereocenters. The van der Waals surface area contributed by atoms with Crippen LogP contribution >= 0.6 is 0 Å². The molecule has 0 heterocycles. The molecule has 19 heavy (non-hydrogen) atoms. The van der Waals surface area contributed by atoms with Crippen molar-refractivity contribution in [1.82, 2.24) is 0 Å². The second-order valence-electron chi connectivity index (χ2n) is 5.00. The fourth-order valence-corrected chi connectivity index (χ4v) is 2.33. The molecule has 0 amide bonds. The minimum atomic E-state index is 0.798. The van der Waals surface area contributed by atoms with Gasteiger partial charge in [0.1, 0.15) is 0 Å². The van der Waals surface area contributed by atoms with E-state index >= 15 is 0 Å². The van der Waals surface area contributed by atoms with Crippen molar-refractivity contribution in [1.29, 1.82) is 0 Å². The van der Waals surface area contributed by atoms with Crippen molar-refractivity contribution in [2.24, 2.45) is 0 Å². The molecule has 2 rings (SSSR count). The van der Waals surface area contributed by atoms with Crippen molar-refractivity contribution in [2.75, 3.05) is 11.5 Å². The van der Waals surface area contributed by atoms with E-state index in [1.165, 1.54) is 36.0 Å². The van der Waals surface area contributed by atoms with E-state index in [-0.39, 0.29) is 0 Å². The van der Waals surface area contributed by atoms with Crippen molar-refractivity contribution >= 4 is 11.4 Å². The Hall–Kier alpha value is -1.96. The molecule has 0 aliphatic carbocycles. The summed E-state index contributed by atoms with van der Waals surface area (Å²) < 4.78 is 0. The smallest absolute Gasteiger partial charge is 0.0317 e. The maximum atomic E-state index is 5.91. The highest BCUT2D eigenvalue weighted by molar-refractivity contribution is 5.71. The van der Waals surface area contributed by atoms with Gasteiger partial charge in [-0.2, -0.15) is 0 Å². The molecule has 0 spiro atoms. The predicted octanol–water partition coefficient (Wildman–Crippen LogP) is 4.25. The van der Waals surface area contributed by atoms with E-state index in [0.717, 1.165) is 17.8 Å². The van der Waals surface area contributed by atoms with Crippen LogP contribution in [-0.2, 0) is 6.42 Å². The molecule has 0 aliphatic heterocycles. The van der Waals surface area contributed by atoms with Gasteiger partial charge in [-0.1, -0.05) is 38.0 Å². The minimum Gasteiger partial charge on any atom is -0.399 e. The van der Waals surface area contributed by atoms with Crippen molar-refractivity contribution in [2.45, 2.75) is 32.6 Å². The highest BCUT2D eigenvalue weighted by Crippen LogP contribution is 2.27. The summed E-state index contributed by atoms with van der Waals surface area (Å²) in [7, 11) is 0. The van der Waals surface area contributed by atoms with E-state index in [0.29, 0.717) is 0 Å². The average Bonchev–Trinajstić information content (AvgIpc) is 2.41. The van der Waals surface area contributed by atoms with E-state index in [2.05, 4.69) is 31.2 Å². The van der Waals surface area contributed by atoms with Crippen LogP contribution in [0.25, 0.3) is 11.1 Å². The molecule has 0 saturated heterocycles. The Morgan fingerprint density at radius 1 is 0.842 bits per heavy atom. The first-order chi connectivity index (χ1) is 9.20. The highest BCUT2D eigenvalue weighted by atomic mass is 14.5. The summed E-state index contributed by atoms with van der Waals surface area (Å²) >= 11 is 0. The lowest BCUT2D eigenvalue weighted by molar-refractivity contribution is 0.718. The van der Waals surface area contributed by atoms with Crippen LogP contribution in [0.2, 0.25) is 0 Å². The average molecular weight is 254 g/mol. The van der Waals surface area contributed by atoms with Crippen LogP contribution in [0, 0.1) is 0 Å². The summed E-state index contributed by atoms with van der Waals surface area (Å²) in [5, 5.41) is 0. The van der Waals surface area contributed by atoms with Crippen LogP contribution in [0.5, 0.6) is 0 Å². The van der Waals surface area contributed by atoms with E-state index in [4.69, 9.17) is 11.5 Å². The second kappa shape index (κ2) is 6.28. The van der Waals surface area contributed by atoms with E-state index in [1.54, 1.807) is 0 Å². The molecule has 2 aromatic rings. The molecule has 2 heteroatoms. The summed E-state index contributed by atoms with van der Waals surface area (Å²) in [6.45, 7) is 2.22. The zero-order valence-electron chi connectivity index (χ0n) is 11.5. The Morgan fingerprint density at radius 2 is 1.53 bits per heavy atom. The molecular weight excluding hydrogens is 232 g/mol. The second-order valence-corrected chi connectivity index (χ2v) is 5.00. The normalized spacial score (nSPS) is 10.6. The summed E-state index contributed by atoms with van der Waals surface area (Å²) in [6, 6.07) is 14.2. The lowest BCUT2D eigenvalue weighted by Gasteiger charge is -2.11. The van der Waals surface area contributed by atoms with Gasteiger partial charge >= 0.3 is 0 Å². The number of hydrogen-bond donors (Lipinski definition) is 2. The Bertz CT molecular complexity index is 529. The van der Waals surface area contributed by atoms with E-state index in [9.17, 15) is 0 Å². The van der Waals surface area contributed by atoms with Crippen molar-refractivity contribution in [3.8, 4) is 11.1 Å². The zero-order valence-corrected chi connectivity index (χ0v) is 11.5. The maximum absolute atomic E-state index is 5.91. The third-order valence-corrected chi connectivity index (χ3v) is 3.40. The molecular formula is C17H22N2. The number of benzene rings is 2. The van der Waals surface area contributed by atoms with Crippen LogP contribution in [0.1, 0.15) is 31.7 Å². The van der Waals surface area contributed by atoms with Gasteiger partial charge in [-0.25, -0.2) is 0 Å². The molecule has 0 fully saturated rings. The van der Waals surface area contributed by atoms with Crippen LogP contribution < -0.4 is 11.5 Å². The molecule has 0 aliphatic rings. The van der Waals surface area contributed by atoms with Gasteiger partial charge in [-0.15, -0.1) is 0 Å². The number of nitrogen functional groups attached to an aromatic ring is 2. The predicted molar refractivity (Wildman–Crippen MR) is 83.9 cm³/mol. The number of unbranched alkanes of at least 4 members (excludes halogenated alkanes) is 2. The molecule has 0 unspecified atom stereocenters. The summed E-state index contributed by atoms with van der Waals surface area (Å²) in [5.41, 5.74) is 17.1. The maximum Gasteiger partial charge on any atom is 0.0317 e. The van der Waals surface area contributed by atoms with Gasteiger partial charge in [0.15, 0.2) is 0 Å². The van der Waals surface area contributed by atoms with Crippen molar-refractivity contribution in [3.05, 3.63) is 48.0 Å². The molecule has 100 valence electrons. The first-order valence-electron chi connectivity index (χ1n) is 6.95. The van der Waals surface area contributed by atoms with Crippen LogP contribution in [0.15, 0.2) is 42.5 Å². The lowest BCUT2D eigenvalue weighted by Crippen LogP contribution is -1.94. The largest absolute Gasteiger partial charge is 0.399 e. The molecule has 2 nitrogen and oxygen atoms in total. The first kappa shape index (κ1) is 13.5. The lowest BCUT2D eigenvalue weighted by atomic mass is 9.95. The molecule has 0 saturated carbocycles. The number of anilines is 2. The van der Waals surface area contributed by atoms with Gasteiger partial charge in [0.05, 0.1) is 0 Å². The third-order valence-electron chi connectivity index (χ3n) is 3.40. The fraction of sp³-hybridized carbons (Fsp3) is 0.294. The van der Waals surface area contributed by atoms with Crippen molar-refractivity contribution in [3.63, 3.8) is 0 Å². The van der Waals surface area contributed by atoms with Crippen molar-refractivity contribution < 1.29 is 0 Å². The molecule has 0 bridgehead atoms. The fourth-order valence-electron chi connectivity index (χ4n) is 2.33. The van der Waals surface area contributed by atoms with Gasteiger partial charge in [0, 0.05) is 11.4 Å². The highest BCUT2D eigenvalue weighted by Gasteiger charge is 2.05. The Morgan fingerprint density at radius 3 is 2.21 bits per heavy atom. The van der Waals surface area contributed by atoms with Gasteiger partial charge < -0.3 is 11.5 Å². The van der Waals surface area contributed by atoms with Crippen LogP contribution in [0.4, 0.5) is 11.4 Å². The van der Waals surface area contributed by atoms with Crippen LogP contribution in [0.3, 0.4) is 0 Å². The standard InChI is InChI=1S/C17H22N2/c1-2-3-4-5-14-12-16(19)10-11-17(14)13-6-8-15(18)9-7-13/h6-12H,2-5,18-19H2,1H3. The number of rotatable bonds is 5. The number of aryl methyl sites for hydroxylation is 1. The zero-order chi connectivity index (χ0) is 13.7. The Kier molecular flexibility index (Phi) is 4.45. The van der Waals surface area contributed by atoms with Gasteiger partial charge in [0.25, 0.3) is 0 Å². The van der Waals surface area contributed by atoms with Crippen LogP contribution in [-0.4, -0.2) is 0 Å². The molecule has 2 aromatic carbocycles. The van der Waals surface area contributed by atoms with E-state index < -0.39 is 0 Å². The quantitative estimate of drug-likeness (QED) is 0.619. The Labute approximate surface area is 115 Å². The Balaban J connectivity index is 2.30. The summed E-state index contributed by atoms with van der Waals surface area (Å²) in [4.78, 5) is 0. The SMILES string of the molecule is CCCCCc1cc(N)ccc1-c1ccc(N)cc1. The van der Waals surface area contributed by atoms with E-state index in [1.807, 2.05) is 18.2 Å². The van der Waals surface area contributed by atoms with Gasteiger partial charge in [0.2, 0.25) is 0 Å². The number of hydrogen-bond acceptors (Lipinski definition) is 2. The molecule has 0 aromatic heterocycles. The topological polar surface area (TPSA) is 52.0 Å². The minimum absolute atomic E-state index is 0.798. The molecule has 0 radical (unpaired) electrons. The summed E-state index contributed by atoms with van der Waals surface area (Å²) in [6.07, 6.45) is 4.79. The summed E-state index contributed by atoms with van der Waals surface area (Å²) in [5.74, 6) is 0. The van der Waals surface area contributed by atoms with Gasteiger partial charge in [-0.05, 0) is 53.8 Å². The molecule has 4 N–H and O–H groups in total. The first-order valence-corrected chi connectivity index (χ1v) is 6.95. The number of nitrogens with two attached hydrogens (primary N) is 2. The monoisotopic (exact) mass is 254 g/mol. The van der Waals surface area contributed by atoms with Gasteiger partial charge in [-0.3, -0.25) is 0 Å².